The number of para-hydroxylation sites is 1. The van der Waals surface area contributed by atoms with Crippen molar-refractivity contribution in [3.8, 4) is 11.5 Å². The van der Waals surface area contributed by atoms with Gasteiger partial charge in [-0.05, 0) is 71.0 Å². The first-order valence-electron chi connectivity index (χ1n) is 11.9. The first-order valence-corrected chi connectivity index (χ1v) is 11.9. The van der Waals surface area contributed by atoms with Crippen LogP contribution in [-0.2, 0) is 6.54 Å². The summed E-state index contributed by atoms with van der Waals surface area (Å²) in [4.78, 5) is 10.1. The Hall–Kier alpha value is -1.22. The SMILES string of the molecule is CCNC(=NCc1cccc(OC)c1OC1CCCC1)N1CCC(N2CCCC2)C1.I. The van der Waals surface area contributed by atoms with Gasteiger partial charge in [-0.1, -0.05) is 12.1 Å². The van der Waals surface area contributed by atoms with E-state index in [0.29, 0.717) is 18.7 Å². The molecular weight excluding hydrogens is 503 g/mol. The lowest BCUT2D eigenvalue weighted by Gasteiger charge is -2.25. The Bertz CT molecular complexity index is 718. The zero-order chi connectivity index (χ0) is 20.8. The third kappa shape index (κ3) is 6.18. The maximum atomic E-state index is 6.40. The summed E-state index contributed by atoms with van der Waals surface area (Å²) in [5.41, 5.74) is 1.10. The number of halogens is 1. The summed E-state index contributed by atoms with van der Waals surface area (Å²) in [5.74, 6) is 2.71. The molecular formula is C24H39IN4O2. The average Bonchev–Trinajstić information content (AvgIpc) is 3.54. The summed E-state index contributed by atoms with van der Waals surface area (Å²) in [6.07, 6.45) is 9.02. The zero-order valence-electron chi connectivity index (χ0n) is 19.1. The molecule has 6 nitrogen and oxygen atoms in total. The third-order valence-electron chi connectivity index (χ3n) is 6.72. The number of nitrogens with zero attached hydrogens (tertiary/aromatic N) is 3. The van der Waals surface area contributed by atoms with Gasteiger partial charge in [0.1, 0.15) is 0 Å². The largest absolute Gasteiger partial charge is 0.493 e. The smallest absolute Gasteiger partial charge is 0.194 e. The maximum Gasteiger partial charge on any atom is 0.194 e. The molecule has 1 unspecified atom stereocenters. The summed E-state index contributed by atoms with van der Waals surface area (Å²) in [6, 6.07) is 6.83. The van der Waals surface area contributed by atoms with E-state index in [0.717, 1.165) is 55.5 Å². The van der Waals surface area contributed by atoms with Gasteiger partial charge < -0.3 is 19.7 Å². The molecule has 174 valence electrons. The monoisotopic (exact) mass is 542 g/mol. The molecule has 1 aromatic rings. The molecule has 7 heteroatoms. The Labute approximate surface area is 204 Å². The van der Waals surface area contributed by atoms with Crippen LogP contribution in [0.4, 0.5) is 0 Å². The van der Waals surface area contributed by atoms with E-state index in [9.17, 15) is 0 Å². The van der Waals surface area contributed by atoms with Crippen LogP contribution in [0.3, 0.4) is 0 Å². The van der Waals surface area contributed by atoms with Crippen molar-refractivity contribution in [3.05, 3.63) is 23.8 Å². The number of nitrogens with one attached hydrogen (secondary N) is 1. The standard InChI is InChI=1S/C24H38N4O2.HI/c1-3-25-24(28-16-13-20(18-28)27-14-6-7-15-27)26-17-19-9-8-12-22(29-2)23(19)30-21-10-4-5-11-21;/h8-9,12,20-21H,3-7,10-11,13-18H2,1-2H3,(H,25,26);1H. The highest BCUT2D eigenvalue weighted by atomic mass is 127. The quantitative estimate of drug-likeness (QED) is 0.317. The topological polar surface area (TPSA) is 49.3 Å². The second kappa shape index (κ2) is 12.1. The molecule has 1 N–H and O–H groups in total. The van der Waals surface area contributed by atoms with E-state index >= 15 is 0 Å². The van der Waals surface area contributed by atoms with Gasteiger partial charge >= 0.3 is 0 Å². The van der Waals surface area contributed by atoms with Gasteiger partial charge in [-0.3, -0.25) is 4.90 Å². The first-order chi connectivity index (χ1) is 14.8. The minimum Gasteiger partial charge on any atom is -0.493 e. The molecule has 2 heterocycles. The molecule has 1 aromatic carbocycles. The van der Waals surface area contributed by atoms with Crippen molar-refractivity contribution in [1.29, 1.82) is 0 Å². The van der Waals surface area contributed by atoms with Crippen LogP contribution in [0, 0.1) is 0 Å². The molecule has 31 heavy (non-hydrogen) atoms. The van der Waals surface area contributed by atoms with Crippen LogP contribution in [0.5, 0.6) is 11.5 Å². The van der Waals surface area contributed by atoms with E-state index in [4.69, 9.17) is 14.5 Å². The Morgan fingerprint density at radius 2 is 1.87 bits per heavy atom. The van der Waals surface area contributed by atoms with E-state index < -0.39 is 0 Å². The summed E-state index contributed by atoms with van der Waals surface area (Å²) >= 11 is 0. The van der Waals surface area contributed by atoms with Gasteiger partial charge in [0.05, 0.1) is 19.8 Å². The molecule has 1 atom stereocenters. The maximum absolute atomic E-state index is 6.40. The molecule has 3 aliphatic rings. The van der Waals surface area contributed by atoms with Gasteiger partial charge in [-0.2, -0.15) is 0 Å². The number of ether oxygens (including phenoxy) is 2. The van der Waals surface area contributed by atoms with Crippen LogP contribution in [-0.4, -0.2) is 67.7 Å². The van der Waals surface area contributed by atoms with Gasteiger partial charge in [-0.25, -0.2) is 4.99 Å². The number of aliphatic imine (C=N–C) groups is 1. The highest BCUT2D eigenvalue weighted by Gasteiger charge is 2.30. The predicted molar refractivity (Wildman–Crippen MR) is 137 cm³/mol. The fourth-order valence-electron chi connectivity index (χ4n) is 5.08. The minimum atomic E-state index is 0. The number of likely N-dealkylation sites (tertiary alicyclic amines) is 2. The van der Waals surface area contributed by atoms with E-state index in [1.807, 2.05) is 12.1 Å². The van der Waals surface area contributed by atoms with E-state index in [1.54, 1.807) is 7.11 Å². The van der Waals surface area contributed by atoms with Crippen molar-refractivity contribution in [1.82, 2.24) is 15.1 Å². The molecule has 0 radical (unpaired) electrons. The highest BCUT2D eigenvalue weighted by Crippen LogP contribution is 2.35. The van der Waals surface area contributed by atoms with Gasteiger partial charge in [0.15, 0.2) is 17.5 Å². The summed E-state index contributed by atoms with van der Waals surface area (Å²) in [5, 5.41) is 3.51. The molecule has 0 aromatic heterocycles. The summed E-state index contributed by atoms with van der Waals surface area (Å²) < 4.78 is 12.0. The van der Waals surface area contributed by atoms with Gasteiger partial charge in [-0.15, -0.1) is 24.0 Å². The normalized spacial score (nSPS) is 22.6. The molecule has 4 rings (SSSR count). The third-order valence-corrected chi connectivity index (χ3v) is 6.72. The van der Waals surface area contributed by atoms with Crippen LogP contribution in [0.25, 0.3) is 0 Å². The van der Waals surface area contributed by atoms with Crippen molar-refractivity contribution in [2.75, 3.05) is 39.8 Å². The van der Waals surface area contributed by atoms with E-state index in [1.165, 1.54) is 45.2 Å². The first kappa shape index (κ1) is 24.4. The molecule has 1 aliphatic carbocycles. The highest BCUT2D eigenvalue weighted by molar-refractivity contribution is 14.0. The van der Waals surface area contributed by atoms with Crippen molar-refractivity contribution in [3.63, 3.8) is 0 Å². The lowest BCUT2D eigenvalue weighted by molar-refractivity contribution is 0.198. The van der Waals surface area contributed by atoms with Crippen molar-refractivity contribution in [2.24, 2.45) is 4.99 Å². The van der Waals surface area contributed by atoms with Crippen molar-refractivity contribution < 1.29 is 9.47 Å². The summed E-state index contributed by atoms with van der Waals surface area (Å²) in [6.45, 7) is 8.31. The van der Waals surface area contributed by atoms with Crippen molar-refractivity contribution in [2.45, 2.75) is 70.6 Å². The molecule has 0 amide bonds. The van der Waals surface area contributed by atoms with Gasteiger partial charge in [0.25, 0.3) is 0 Å². The fraction of sp³-hybridized carbons (Fsp3) is 0.708. The number of benzene rings is 1. The molecule has 3 fully saturated rings. The Morgan fingerprint density at radius 3 is 2.58 bits per heavy atom. The fourth-order valence-corrected chi connectivity index (χ4v) is 5.08. The van der Waals surface area contributed by atoms with E-state index in [2.05, 4.69) is 28.1 Å². The van der Waals surface area contributed by atoms with E-state index in [-0.39, 0.29) is 24.0 Å². The van der Waals surface area contributed by atoms with Crippen molar-refractivity contribution >= 4 is 29.9 Å². The summed E-state index contributed by atoms with van der Waals surface area (Å²) in [7, 11) is 1.72. The predicted octanol–water partition coefficient (Wildman–Crippen LogP) is 4.27. The Morgan fingerprint density at radius 1 is 1.10 bits per heavy atom. The number of guanidine groups is 1. The Kier molecular flexibility index (Phi) is 9.56. The molecule has 2 aliphatic heterocycles. The second-order valence-electron chi connectivity index (χ2n) is 8.77. The van der Waals surface area contributed by atoms with Crippen LogP contribution in [0.15, 0.2) is 23.2 Å². The number of methoxy groups -OCH3 is 1. The van der Waals surface area contributed by atoms with Crippen LogP contribution in [0.1, 0.15) is 57.4 Å². The number of hydrogen-bond donors (Lipinski definition) is 1. The number of rotatable bonds is 7. The van der Waals surface area contributed by atoms with Crippen LogP contribution >= 0.6 is 24.0 Å². The lowest BCUT2D eigenvalue weighted by Crippen LogP contribution is -2.42. The minimum absolute atomic E-state index is 0. The molecule has 1 saturated carbocycles. The lowest BCUT2D eigenvalue weighted by atomic mass is 10.1. The average molecular weight is 543 g/mol. The van der Waals surface area contributed by atoms with Crippen LogP contribution < -0.4 is 14.8 Å². The number of hydrogen-bond acceptors (Lipinski definition) is 4. The zero-order valence-corrected chi connectivity index (χ0v) is 21.5. The molecule has 0 bridgehead atoms. The Balaban J connectivity index is 0.00000272. The molecule has 2 saturated heterocycles. The molecule has 0 spiro atoms. The van der Waals surface area contributed by atoms with Gasteiger partial charge in [0, 0.05) is 31.2 Å². The van der Waals surface area contributed by atoms with Crippen LogP contribution in [0.2, 0.25) is 0 Å². The second-order valence-corrected chi connectivity index (χ2v) is 8.77. The van der Waals surface area contributed by atoms with Gasteiger partial charge in [0.2, 0.25) is 0 Å².